The summed E-state index contributed by atoms with van der Waals surface area (Å²) in [5.41, 5.74) is 8.69. The minimum Gasteiger partial charge on any atom is -0.496 e. The number of rotatable bonds is 2. The molecule has 4 heteroatoms. The summed E-state index contributed by atoms with van der Waals surface area (Å²) >= 11 is 0. The van der Waals surface area contributed by atoms with Crippen molar-refractivity contribution >= 4 is 11.6 Å². The highest BCUT2D eigenvalue weighted by molar-refractivity contribution is 5.96. The van der Waals surface area contributed by atoms with Gasteiger partial charge in [-0.3, -0.25) is 4.79 Å². The number of carbonyl (C=O) groups excluding carboxylic acids is 1. The summed E-state index contributed by atoms with van der Waals surface area (Å²) in [6.45, 7) is 0.415. The summed E-state index contributed by atoms with van der Waals surface area (Å²) in [7, 11) is 3.44. The van der Waals surface area contributed by atoms with Crippen LogP contribution in [-0.2, 0) is 17.8 Å². The van der Waals surface area contributed by atoms with Gasteiger partial charge in [0.15, 0.2) is 0 Å². The number of fused-ring (bicyclic) bond motifs is 1. The molecule has 1 amide bonds. The van der Waals surface area contributed by atoms with E-state index in [2.05, 4.69) is 0 Å². The lowest BCUT2D eigenvalue weighted by molar-refractivity contribution is -0.118. The van der Waals surface area contributed by atoms with Gasteiger partial charge in [0.05, 0.1) is 7.11 Å². The highest BCUT2D eigenvalue weighted by Gasteiger charge is 2.22. The molecule has 0 unspecified atom stereocenters. The van der Waals surface area contributed by atoms with Crippen molar-refractivity contribution < 1.29 is 9.53 Å². The number of ether oxygens (including phenoxy) is 1. The monoisotopic (exact) mass is 220 g/mol. The topological polar surface area (TPSA) is 55.6 Å². The molecule has 2 N–H and O–H groups in total. The maximum atomic E-state index is 11.6. The SMILES string of the molecule is COc1cc2c(cc1CN)N(C)C(=O)CC2. The van der Waals surface area contributed by atoms with Gasteiger partial charge < -0.3 is 15.4 Å². The number of methoxy groups -OCH3 is 1. The Bertz CT molecular complexity index is 429. The minimum absolute atomic E-state index is 0.153. The number of hydrogen-bond donors (Lipinski definition) is 1. The van der Waals surface area contributed by atoms with E-state index in [1.807, 2.05) is 12.1 Å². The maximum absolute atomic E-state index is 11.6. The second-order valence-corrected chi connectivity index (χ2v) is 3.95. The zero-order chi connectivity index (χ0) is 11.7. The highest BCUT2D eigenvalue weighted by atomic mass is 16.5. The molecule has 1 aromatic rings. The molecule has 0 fully saturated rings. The van der Waals surface area contributed by atoms with Gasteiger partial charge in [-0.25, -0.2) is 0 Å². The molecule has 0 radical (unpaired) electrons. The molecule has 0 saturated heterocycles. The van der Waals surface area contributed by atoms with Gasteiger partial charge in [-0.15, -0.1) is 0 Å². The fourth-order valence-corrected chi connectivity index (χ4v) is 2.06. The molecule has 0 saturated carbocycles. The third-order valence-corrected chi connectivity index (χ3v) is 3.05. The molecule has 0 aromatic heterocycles. The first-order valence-electron chi connectivity index (χ1n) is 5.33. The normalized spacial score (nSPS) is 14.9. The maximum Gasteiger partial charge on any atom is 0.227 e. The van der Waals surface area contributed by atoms with Gasteiger partial charge in [0.1, 0.15) is 5.75 Å². The van der Waals surface area contributed by atoms with Crippen LogP contribution >= 0.6 is 0 Å². The number of benzene rings is 1. The first-order chi connectivity index (χ1) is 7.67. The third kappa shape index (κ3) is 1.65. The lowest BCUT2D eigenvalue weighted by atomic mass is 9.98. The number of carbonyl (C=O) groups is 1. The molecular formula is C12H16N2O2. The summed E-state index contributed by atoms with van der Waals surface area (Å²) in [5, 5.41) is 0. The lowest BCUT2D eigenvalue weighted by Crippen LogP contribution is -2.31. The summed E-state index contributed by atoms with van der Waals surface area (Å²) in [6, 6.07) is 3.94. The van der Waals surface area contributed by atoms with Crippen molar-refractivity contribution in [1.82, 2.24) is 0 Å². The number of amides is 1. The van der Waals surface area contributed by atoms with Gasteiger partial charge in [-0.1, -0.05) is 0 Å². The van der Waals surface area contributed by atoms with Gasteiger partial charge in [-0.05, 0) is 24.1 Å². The van der Waals surface area contributed by atoms with Crippen molar-refractivity contribution in [2.45, 2.75) is 19.4 Å². The van der Waals surface area contributed by atoms with Crippen LogP contribution in [0.15, 0.2) is 12.1 Å². The van der Waals surface area contributed by atoms with Crippen LogP contribution in [0.1, 0.15) is 17.5 Å². The van der Waals surface area contributed by atoms with E-state index in [9.17, 15) is 4.79 Å². The van der Waals surface area contributed by atoms with E-state index in [1.54, 1.807) is 19.1 Å². The van der Waals surface area contributed by atoms with Crippen LogP contribution in [0.2, 0.25) is 0 Å². The summed E-state index contributed by atoms with van der Waals surface area (Å²) in [4.78, 5) is 13.3. The Hall–Kier alpha value is -1.55. The Morgan fingerprint density at radius 3 is 2.81 bits per heavy atom. The molecule has 1 aliphatic heterocycles. The van der Waals surface area contributed by atoms with E-state index in [0.29, 0.717) is 13.0 Å². The second kappa shape index (κ2) is 4.14. The van der Waals surface area contributed by atoms with Crippen molar-refractivity contribution in [2.75, 3.05) is 19.1 Å². The molecule has 4 nitrogen and oxygen atoms in total. The summed E-state index contributed by atoms with van der Waals surface area (Å²) < 4.78 is 5.28. The summed E-state index contributed by atoms with van der Waals surface area (Å²) in [6.07, 6.45) is 1.34. The van der Waals surface area contributed by atoms with Crippen LogP contribution in [0, 0.1) is 0 Å². The zero-order valence-corrected chi connectivity index (χ0v) is 9.62. The average Bonchev–Trinajstić information content (AvgIpc) is 2.32. The van der Waals surface area contributed by atoms with Crippen LogP contribution in [0.5, 0.6) is 5.75 Å². The van der Waals surface area contributed by atoms with Gasteiger partial charge in [0.25, 0.3) is 0 Å². The number of nitrogens with zero attached hydrogens (tertiary/aromatic N) is 1. The Kier molecular flexibility index (Phi) is 2.83. The molecular weight excluding hydrogens is 204 g/mol. The van der Waals surface area contributed by atoms with Gasteiger partial charge >= 0.3 is 0 Å². The second-order valence-electron chi connectivity index (χ2n) is 3.95. The van der Waals surface area contributed by atoms with Crippen LogP contribution in [0.3, 0.4) is 0 Å². The molecule has 1 heterocycles. The first kappa shape index (κ1) is 11.0. The number of aryl methyl sites for hydroxylation is 1. The smallest absolute Gasteiger partial charge is 0.227 e. The molecule has 0 atom stereocenters. The fourth-order valence-electron chi connectivity index (χ4n) is 2.06. The number of nitrogens with two attached hydrogens (primary N) is 1. The highest BCUT2D eigenvalue weighted by Crippen LogP contribution is 2.33. The van der Waals surface area contributed by atoms with Gasteiger partial charge in [0, 0.05) is 31.3 Å². The van der Waals surface area contributed by atoms with E-state index in [1.165, 1.54) is 0 Å². The Morgan fingerprint density at radius 2 is 2.19 bits per heavy atom. The lowest BCUT2D eigenvalue weighted by Gasteiger charge is -2.27. The largest absolute Gasteiger partial charge is 0.496 e. The predicted molar refractivity (Wildman–Crippen MR) is 62.6 cm³/mol. The van der Waals surface area contributed by atoms with Crippen LogP contribution < -0.4 is 15.4 Å². The predicted octanol–water partition coefficient (Wildman–Crippen LogP) is 1.06. The third-order valence-electron chi connectivity index (χ3n) is 3.05. The standard InChI is InChI=1S/C12H16N2O2/c1-14-10-5-9(7-13)11(16-2)6-8(10)3-4-12(14)15/h5-6H,3-4,7,13H2,1-2H3. The van der Waals surface area contributed by atoms with Crippen LogP contribution in [0.25, 0.3) is 0 Å². The zero-order valence-electron chi connectivity index (χ0n) is 9.62. The van der Waals surface area contributed by atoms with E-state index in [4.69, 9.17) is 10.5 Å². The molecule has 1 aliphatic rings. The van der Waals surface area contributed by atoms with Crippen molar-refractivity contribution in [3.63, 3.8) is 0 Å². The Labute approximate surface area is 95.0 Å². The molecule has 86 valence electrons. The first-order valence-corrected chi connectivity index (χ1v) is 5.33. The van der Waals surface area contributed by atoms with Crippen molar-refractivity contribution in [2.24, 2.45) is 5.73 Å². The van der Waals surface area contributed by atoms with Crippen molar-refractivity contribution in [1.29, 1.82) is 0 Å². The van der Waals surface area contributed by atoms with Gasteiger partial charge in [0.2, 0.25) is 5.91 Å². The van der Waals surface area contributed by atoms with Gasteiger partial charge in [-0.2, -0.15) is 0 Å². The van der Waals surface area contributed by atoms with E-state index in [-0.39, 0.29) is 5.91 Å². The van der Waals surface area contributed by atoms with E-state index < -0.39 is 0 Å². The quantitative estimate of drug-likeness (QED) is 0.811. The number of anilines is 1. The molecule has 16 heavy (non-hydrogen) atoms. The van der Waals surface area contributed by atoms with E-state index in [0.717, 1.165) is 29.0 Å². The fraction of sp³-hybridized carbons (Fsp3) is 0.417. The van der Waals surface area contributed by atoms with E-state index >= 15 is 0 Å². The molecule has 0 bridgehead atoms. The van der Waals surface area contributed by atoms with Crippen LogP contribution in [-0.4, -0.2) is 20.1 Å². The van der Waals surface area contributed by atoms with Crippen molar-refractivity contribution in [3.8, 4) is 5.75 Å². The molecule has 2 rings (SSSR count). The summed E-state index contributed by atoms with van der Waals surface area (Å²) in [5.74, 6) is 0.963. The Morgan fingerprint density at radius 1 is 1.44 bits per heavy atom. The molecule has 1 aromatic carbocycles. The van der Waals surface area contributed by atoms with Crippen LogP contribution in [0.4, 0.5) is 5.69 Å². The Balaban J connectivity index is 2.52. The van der Waals surface area contributed by atoms with Crippen molar-refractivity contribution in [3.05, 3.63) is 23.3 Å². The number of hydrogen-bond acceptors (Lipinski definition) is 3. The minimum atomic E-state index is 0.153. The molecule has 0 aliphatic carbocycles. The molecule has 0 spiro atoms. The average molecular weight is 220 g/mol.